The molecule has 0 saturated heterocycles. The molecule has 1 unspecified atom stereocenters. The Morgan fingerprint density at radius 2 is 1.16 bits per heavy atom. The molecule has 184 valence electrons. The van der Waals surface area contributed by atoms with Crippen LogP contribution in [0.4, 0.5) is 0 Å². The minimum Gasteiger partial charge on any atom is -0.544 e. The van der Waals surface area contributed by atoms with Crippen molar-refractivity contribution in [3.8, 4) is 0 Å². The number of quaternary nitrogens is 1. The number of hydrogen-bond acceptors (Lipinski definition) is 2. The number of carboxylic acids is 1. The zero-order valence-electron chi connectivity index (χ0n) is 21.9. The molecule has 0 aromatic carbocycles. The molecule has 0 bridgehead atoms. The molecule has 0 saturated carbocycles. The van der Waals surface area contributed by atoms with E-state index in [2.05, 4.69) is 27.4 Å². The molecule has 0 aliphatic carbocycles. The minimum absolute atomic E-state index is 0.221. The molecule has 0 aromatic rings. The monoisotopic (exact) mass is 437 g/mol. The number of nitrogens with zero attached hydrogens (tertiary/aromatic N) is 1. The van der Waals surface area contributed by atoms with Crippen LogP contribution in [0.2, 0.25) is 0 Å². The summed E-state index contributed by atoms with van der Waals surface area (Å²) in [6.07, 6.45) is 24.2. The fourth-order valence-electron chi connectivity index (χ4n) is 4.74. The number of carboxylic acid groups (broad SMARTS) is 1. The van der Waals surface area contributed by atoms with Crippen LogP contribution in [0.3, 0.4) is 0 Å². The van der Waals surface area contributed by atoms with Crippen LogP contribution in [0.1, 0.15) is 136 Å². The van der Waals surface area contributed by atoms with E-state index in [0.717, 1.165) is 12.8 Å². The second kappa shape index (κ2) is 17.7. The molecule has 0 aromatic heterocycles. The SMILES string of the molecule is C=CCC(CCCCCCCCCCCCCCCCCC)(C(=O)[O-])[N+](C)(C)C(C)C. The highest BCUT2D eigenvalue weighted by atomic mass is 16.4. The average Bonchev–Trinajstić information content (AvgIpc) is 2.72. The second-order valence-corrected chi connectivity index (χ2v) is 10.5. The van der Waals surface area contributed by atoms with Gasteiger partial charge in [-0.05, 0) is 20.3 Å². The molecule has 0 heterocycles. The van der Waals surface area contributed by atoms with Crippen LogP contribution in [-0.2, 0) is 4.79 Å². The highest BCUT2D eigenvalue weighted by molar-refractivity contribution is 5.75. The van der Waals surface area contributed by atoms with Crippen molar-refractivity contribution in [2.45, 2.75) is 148 Å². The Hall–Kier alpha value is -0.830. The number of likely N-dealkylation sites (N-methyl/N-ethyl adjacent to an activating group) is 1. The average molecular weight is 438 g/mol. The molecule has 0 N–H and O–H groups in total. The predicted octanol–water partition coefficient (Wildman–Crippen LogP) is 7.19. The molecule has 0 aliphatic heterocycles. The Labute approximate surface area is 195 Å². The second-order valence-electron chi connectivity index (χ2n) is 10.5. The van der Waals surface area contributed by atoms with Crippen LogP contribution in [0.5, 0.6) is 0 Å². The summed E-state index contributed by atoms with van der Waals surface area (Å²) in [5.41, 5.74) is -0.869. The first kappa shape index (κ1) is 30.2. The lowest BCUT2D eigenvalue weighted by Gasteiger charge is -2.52. The van der Waals surface area contributed by atoms with E-state index in [4.69, 9.17) is 0 Å². The molecule has 0 spiro atoms. The third-order valence-electron chi connectivity index (χ3n) is 7.70. The molecule has 1 atom stereocenters. The lowest BCUT2D eigenvalue weighted by molar-refractivity contribution is -0.953. The van der Waals surface area contributed by atoms with Crippen LogP contribution in [0.15, 0.2) is 12.7 Å². The summed E-state index contributed by atoms with van der Waals surface area (Å²) in [6.45, 7) is 10.3. The first-order valence-corrected chi connectivity index (χ1v) is 13.4. The van der Waals surface area contributed by atoms with Gasteiger partial charge in [-0.2, -0.15) is 0 Å². The summed E-state index contributed by atoms with van der Waals surface area (Å²) in [4.78, 5) is 12.2. The van der Waals surface area contributed by atoms with Gasteiger partial charge in [0.25, 0.3) is 0 Å². The first-order valence-electron chi connectivity index (χ1n) is 13.4. The van der Waals surface area contributed by atoms with Crippen molar-refractivity contribution in [3.05, 3.63) is 12.7 Å². The Kier molecular flexibility index (Phi) is 17.2. The van der Waals surface area contributed by atoms with Gasteiger partial charge in [-0.25, -0.2) is 0 Å². The van der Waals surface area contributed by atoms with Gasteiger partial charge in [0.2, 0.25) is 0 Å². The van der Waals surface area contributed by atoms with Crippen molar-refractivity contribution in [2.75, 3.05) is 14.1 Å². The summed E-state index contributed by atoms with van der Waals surface area (Å²) in [5, 5.41) is 12.2. The first-order chi connectivity index (χ1) is 14.8. The lowest BCUT2D eigenvalue weighted by atomic mass is 9.83. The normalized spacial score (nSPS) is 14.0. The minimum atomic E-state index is -0.924. The number of aliphatic carboxylic acids is 1. The summed E-state index contributed by atoms with van der Waals surface area (Å²) in [6, 6.07) is 0.221. The number of unbranched alkanes of at least 4 members (excludes halogenated alkanes) is 15. The number of rotatable bonds is 22. The van der Waals surface area contributed by atoms with E-state index in [9.17, 15) is 9.90 Å². The van der Waals surface area contributed by atoms with Crippen molar-refractivity contribution in [1.82, 2.24) is 0 Å². The molecule has 3 heteroatoms. The number of carbonyl (C=O) groups is 1. The van der Waals surface area contributed by atoms with Crippen molar-refractivity contribution in [3.63, 3.8) is 0 Å². The number of hydrogen-bond donors (Lipinski definition) is 0. The highest BCUT2D eigenvalue weighted by Crippen LogP contribution is 2.33. The van der Waals surface area contributed by atoms with Gasteiger partial charge < -0.3 is 14.4 Å². The molecule has 0 fully saturated rings. The zero-order valence-corrected chi connectivity index (χ0v) is 21.9. The quantitative estimate of drug-likeness (QED) is 0.102. The topological polar surface area (TPSA) is 40.1 Å². The Morgan fingerprint density at radius 3 is 1.45 bits per heavy atom. The Bertz CT molecular complexity index is 458. The van der Waals surface area contributed by atoms with Gasteiger partial charge in [0.05, 0.1) is 20.1 Å². The van der Waals surface area contributed by atoms with E-state index >= 15 is 0 Å². The van der Waals surface area contributed by atoms with Gasteiger partial charge in [0.1, 0.15) is 11.5 Å². The van der Waals surface area contributed by atoms with E-state index in [-0.39, 0.29) is 6.04 Å². The smallest absolute Gasteiger partial charge is 0.142 e. The third-order valence-corrected chi connectivity index (χ3v) is 7.70. The maximum atomic E-state index is 12.2. The van der Waals surface area contributed by atoms with Gasteiger partial charge >= 0.3 is 0 Å². The largest absolute Gasteiger partial charge is 0.544 e. The van der Waals surface area contributed by atoms with Crippen molar-refractivity contribution < 1.29 is 14.4 Å². The van der Waals surface area contributed by atoms with Crippen molar-refractivity contribution in [1.29, 1.82) is 0 Å². The van der Waals surface area contributed by atoms with Gasteiger partial charge in [-0.1, -0.05) is 109 Å². The van der Waals surface area contributed by atoms with Gasteiger partial charge in [0, 0.05) is 12.8 Å². The van der Waals surface area contributed by atoms with Gasteiger partial charge in [-0.3, -0.25) is 0 Å². The van der Waals surface area contributed by atoms with Gasteiger partial charge in [-0.15, -0.1) is 6.58 Å². The van der Waals surface area contributed by atoms with Gasteiger partial charge in [0.15, 0.2) is 0 Å². The van der Waals surface area contributed by atoms with E-state index in [1.165, 1.54) is 89.9 Å². The molecular formula is C28H55NO2. The highest BCUT2D eigenvalue weighted by Gasteiger charge is 2.47. The summed E-state index contributed by atoms with van der Waals surface area (Å²) in [7, 11) is 4.05. The van der Waals surface area contributed by atoms with Crippen molar-refractivity contribution in [2.24, 2.45) is 0 Å². The van der Waals surface area contributed by atoms with E-state index in [0.29, 0.717) is 17.3 Å². The van der Waals surface area contributed by atoms with Crippen LogP contribution in [-0.4, -0.2) is 36.1 Å². The summed E-state index contributed by atoms with van der Waals surface area (Å²) < 4.78 is 0.445. The Morgan fingerprint density at radius 1 is 0.806 bits per heavy atom. The molecule has 0 radical (unpaired) electrons. The molecule has 31 heavy (non-hydrogen) atoms. The molecule has 0 aliphatic rings. The van der Waals surface area contributed by atoms with Crippen molar-refractivity contribution >= 4 is 5.97 Å². The summed E-state index contributed by atoms with van der Waals surface area (Å²) >= 11 is 0. The fraction of sp³-hybridized carbons (Fsp3) is 0.893. The zero-order chi connectivity index (χ0) is 23.6. The molecule has 0 rings (SSSR count). The number of carbonyl (C=O) groups excluding carboxylic acids is 1. The maximum absolute atomic E-state index is 12.2. The molecular weight excluding hydrogens is 382 g/mol. The predicted molar refractivity (Wildman–Crippen MR) is 134 cm³/mol. The standard InChI is InChI=1S/C28H55NO2/c1-7-9-10-11-12-13-14-15-16-17-18-19-20-21-22-23-25-28(24-8-2,27(30)31)29(5,6)26(3)4/h8,26H,2,7,9-25H2,1,3-6H3. The van der Waals surface area contributed by atoms with Crippen LogP contribution >= 0.6 is 0 Å². The van der Waals surface area contributed by atoms with Crippen LogP contribution in [0.25, 0.3) is 0 Å². The Balaban J connectivity index is 3.90. The van der Waals surface area contributed by atoms with E-state index in [1.54, 1.807) is 6.08 Å². The van der Waals surface area contributed by atoms with Crippen LogP contribution < -0.4 is 5.11 Å². The van der Waals surface area contributed by atoms with Crippen LogP contribution in [0, 0.1) is 0 Å². The summed E-state index contributed by atoms with van der Waals surface area (Å²) in [5.74, 6) is -0.924. The molecule has 3 nitrogen and oxygen atoms in total. The van der Waals surface area contributed by atoms with E-state index in [1.807, 2.05) is 14.1 Å². The maximum Gasteiger partial charge on any atom is 0.142 e. The molecule has 0 amide bonds. The lowest BCUT2D eigenvalue weighted by Crippen LogP contribution is -2.70. The third kappa shape index (κ3) is 11.6. The van der Waals surface area contributed by atoms with E-state index < -0.39 is 11.5 Å². The fourth-order valence-corrected chi connectivity index (χ4v) is 4.74.